The van der Waals surface area contributed by atoms with Gasteiger partial charge in [0.25, 0.3) is 17.4 Å². The minimum absolute atomic E-state index is 0.0779. The first-order valence-electron chi connectivity index (χ1n) is 10.5. The molecule has 0 fully saturated rings. The zero-order valence-corrected chi connectivity index (χ0v) is 19.5. The number of fused-ring (bicyclic) bond motifs is 1. The molecule has 0 aliphatic carbocycles. The first-order valence-corrected chi connectivity index (χ1v) is 10.8. The van der Waals surface area contributed by atoms with E-state index in [0.717, 1.165) is 10.6 Å². The number of halogens is 1. The van der Waals surface area contributed by atoms with Gasteiger partial charge < -0.3 is 15.0 Å². The van der Waals surface area contributed by atoms with Crippen LogP contribution in [0.2, 0.25) is 5.02 Å². The quantitative estimate of drug-likeness (QED) is 0.213. The lowest BCUT2D eigenvalue weighted by Gasteiger charge is -2.25. The van der Waals surface area contributed by atoms with E-state index in [9.17, 15) is 14.4 Å². The number of aromatic amines is 1. The van der Waals surface area contributed by atoms with Crippen LogP contribution in [0.4, 0.5) is 5.69 Å². The van der Waals surface area contributed by atoms with Crippen LogP contribution in [0.5, 0.6) is 6.01 Å². The molecule has 0 saturated heterocycles. The van der Waals surface area contributed by atoms with Crippen LogP contribution >= 0.6 is 11.6 Å². The molecular weight excluding hydrogens is 472 g/mol. The number of nitrogens with two attached hydrogens (primary N) is 1. The highest BCUT2D eigenvalue weighted by Crippen LogP contribution is 2.26. The normalized spacial score (nSPS) is 11.7. The topological polar surface area (TPSA) is 143 Å². The number of methoxy groups -OCH3 is 1. The van der Waals surface area contributed by atoms with Gasteiger partial charge in [0.15, 0.2) is 0 Å². The van der Waals surface area contributed by atoms with E-state index in [4.69, 9.17) is 22.2 Å². The number of aromatic nitrogens is 3. The lowest BCUT2D eigenvalue weighted by Crippen LogP contribution is -2.39. The second kappa shape index (κ2) is 9.92. The molecule has 2 amide bonds. The first kappa shape index (κ1) is 23.9. The highest BCUT2D eigenvalue weighted by Gasteiger charge is 2.21. The highest BCUT2D eigenvalue weighted by atomic mass is 35.5. The van der Waals surface area contributed by atoms with Gasteiger partial charge in [-0.25, -0.2) is 10.8 Å². The van der Waals surface area contributed by atoms with E-state index >= 15 is 0 Å². The minimum atomic E-state index is -0.724. The number of nitrogens with one attached hydrogen (secondary N) is 2. The van der Waals surface area contributed by atoms with Gasteiger partial charge in [-0.15, -0.1) is 0 Å². The van der Waals surface area contributed by atoms with E-state index in [1.807, 2.05) is 30.3 Å². The van der Waals surface area contributed by atoms with Crippen molar-refractivity contribution in [3.05, 3.63) is 92.9 Å². The maximum atomic E-state index is 13.0. The minimum Gasteiger partial charge on any atom is -0.467 e. The van der Waals surface area contributed by atoms with E-state index in [1.165, 1.54) is 37.6 Å². The third kappa shape index (κ3) is 4.98. The van der Waals surface area contributed by atoms with Crippen molar-refractivity contribution >= 4 is 40.1 Å². The molecule has 178 valence electrons. The fourth-order valence-electron chi connectivity index (χ4n) is 3.40. The Hall–Kier alpha value is -4.28. The summed E-state index contributed by atoms with van der Waals surface area (Å²) in [6.07, 6.45) is 1.42. The Balaban J connectivity index is 1.58. The average Bonchev–Trinajstić information content (AvgIpc) is 2.88. The number of ether oxygens (including phenoxy) is 1. The maximum Gasteiger partial charge on any atom is 0.318 e. The molecule has 0 saturated carbocycles. The third-order valence-electron chi connectivity index (χ3n) is 5.39. The van der Waals surface area contributed by atoms with Crippen molar-refractivity contribution in [1.82, 2.24) is 20.0 Å². The van der Waals surface area contributed by atoms with E-state index < -0.39 is 23.4 Å². The molecule has 0 radical (unpaired) electrons. The van der Waals surface area contributed by atoms with Gasteiger partial charge in [0.2, 0.25) is 0 Å². The smallest absolute Gasteiger partial charge is 0.318 e. The Morgan fingerprint density at radius 1 is 1.17 bits per heavy atom. The fourth-order valence-corrected chi connectivity index (χ4v) is 3.57. The lowest BCUT2D eigenvalue weighted by atomic mass is 10.1. The molecule has 1 unspecified atom stereocenters. The van der Waals surface area contributed by atoms with E-state index in [0.29, 0.717) is 5.39 Å². The summed E-state index contributed by atoms with van der Waals surface area (Å²) in [6, 6.07) is 14.7. The number of hydrogen-bond donors (Lipinski definition) is 3. The molecule has 0 spiro atoms. The number of hydrazine groups is 1. The number of hydrogen-bond acceptors (Lipinski definition) is 7. The number of anilines is 1. The van der Waals surface area contributed by atoms with E-state index in [-0.39, 0.29) is 33.5 Å². The summed E-state index contributed by atoms with van der Waals surface area (Å²) in [7, 11) is 1.40. The van der Waals surface area contributed by atoms with Crippen LogP contribution in [-0.2, 0) is 0 Å². The number of carbonyl (C=O) groups is 2. The summed E-state index contributed by atoms with van der Waals surface area (Å²) in [6.45, 7) is 1.80. The molecule has 0 aliphatic heterocycles. The Morgan fingerprint density at radius 3 is 2.63 bits per heavy atom. The summed E-state index contributed by atoms with van der Waals surface area (Å²) in [5, 5.41) is 4.30. The van der Waals surface area contributed by atoms with Crippen LogP contribution in [0.3, 0.4) is 0 Å². The molecule has 35 heavy (non-hydrogen) atoms. The predicted molar refractivity (Wildman–Crippen MR) is 131 cm³/mol. The molecule has 0 aliphatic rings. The Morgan fingerprint density at radius 2 is 1.91 bits per heavy atom. The van der Waals surface area contributed by atoms with Gasteiger partial charge in [0.05, 0.1) is 23.9 Å². The van der Waals surface area contributed by atoms with Gasteiger partial charge in [-0.2, -0.15) is 4.98 Å². The zero-order valence-electron chi connectivity index (χ0n) is 18.8. The summed E-state index contributed by atoms with van der Waals surface area (Å²) < 4.78 is 4.94. The molecule has 10 nitrogen and oxygen atoms in total. The van der Waals surface area contributed by atoms with Gasteiger partial charge in [0.1, 0.15) is 11.2 Å². The average molecular weight is 493 g/mol. The second-order valence-electron chi connectivity index (χ2n) is 7.62. The largest absolute Gasteiger partial charge is 0.467 e. The monoisotopic (exact) mass is 492 g/mol. The van der Waals surface area contributed by atoms with Crippen LogP contribution < -0.4 is 21.5 Å². The van der Waals surface area contributed by atoms with Crippen LogP contribution in [-0.4, -0.2) is 38.9 Å². The molecule has 11 heteroatoms. The third-order valence-corrected chi connectivity index (χ3v) is 5.72. The van der Waals surface area contributed by atoms with Crippen LogP contribution in [0, 0.1) is 0 Å². The SMILES string of the molecule is COc1ncc2cc(C(=O)Nc3cc(C(=O)N(N)C(C)c4ccccc4)ccc3Cl)c(=O)[nH]c2n1. The van der Waals surface area contributed by atoms with Crippen molar-refractivity contribution in [3.63, 3.8) is 0 Å². The summed E-state index contributed by atoms with van der Waals surface area (Å²) in [5.41, 5.74) is 0.598. The molecule has 1 atom stereocenters. The molecular formula is C24H21ClN6O4. The van der Waals surface area contributed by atoms with Crippen molar-refractivity contribution < 1.29 is 14.3 Å². The molecule has 0 bridgehead atoms. The van der Waals surface area contributed by atoms with Crippen molar-refractivity contribution in [3.8, 4) is 6.01 Å². The number of nitrogens with zero attached hydrogens (tertiary/aromatic N) is 3. The molecule has 4 rings (SSSR count). The molecule has 2 aromatic carbocycles. The van der Waals surface area contributed by atoms with E-state index in [1.54, 1.807) is 6.92 Å². The van der Waals surface area contributed by atoms with Crippen LogP contribution in [0.15, 0.2) is 65.6 Å². The van der Waals surface area contributed by atoms with Gasteiger partial charge in [-0.05, 0) is 36.8 Å². The maximum absolute atomic E-state index is 13.0. The van der Waals surface area contributed by atoms with Crippen LogP contribution in [0.25, 0.3) is 11.0 Å². The summed E-state index contributed by atoms with van der Waals surface area (Å²) >= 11 is 6.25. The van der Waals surface area contributed by atoms with Gasteiger partial charge in [-0.3, -0.25) is 19.4 Å². The number of benzene rings is 2. The number of carbonyl (C=O) groups excluding carboxylic acids is 2. The van der Waals surface area contributed by atoms with Crippen molar-refractivity contribution in [2.24, 2.45) is 5.84 Å². The summed E-state index contributed by atoms with van der Waals surface area (Å²) in [5.74, 6) is 4.90. The molecule has 2 aromatic heterocycles. The fraction of sp³-hybridized carbons (Fsp3) is 0.125. The van der Waals surface area contributed by atoms with Gasteiger partial charge in [-0.1, -0.05) is 41.9 Å². The van der Waals surface area contributed by atoms with Crippen molar-refractivity contribution in [2.45, 2.75) is 13.0 Å². The molecule has 2 heterocycles. The second-order valence-corrected chi connectivity index (χ2v) is 8.03. The highest BCUT2D eigenvalue weighted by molar-refractivity contribution is 6.34. The molecule has 4 aromatic rings. The Labute approximate surface area is 204 Å². The van der Waals surface area contributed by atoms with Crippen LogP contribution in [0.1, 0.15) is 39.2 Å². The number of H-pyrrole nitrogens is 1. The molecule has 4 N–H and O–H groups in total. The number of pyridine rings is 1. The Kier molecular flexibility index (Phi) is 6.76. The zero-order chi connectivity index (χ0) is 25.1. The Bertz CT molecular complexity index is 1470. The number of amides is 2. The standard InChI is InChI=1S/C24H21ClN6O4/c1-13(14-6-4-3-5-7-14)31(26)23(34)15-8-9-18(25)19(11-15)28-21(32)17-10-16-12-27-24(35-2)30-20(16)29-22(17)33/h3-13H,26H2,1-2H3,(H,28,32)(H,27,29,30,33). The number of rotatable bonds is 6. The first-order chi connectivity index (χ1) is 16.8. The predicted octanol–water partition coefficient (Wildman–Crippen LogP) is 3.31. The van der Waals surface area contributed by atoms with Crippen molar-refractivity contribution in [2.75, 3.05) is 12.4 Å². The van der Waals surface area contributed by atoms with Gasteiger partial charge >= 0.3 is 6.01 Å². The summed E-state index contributed by atoms with van der Waals surface area (Å²) in [4.78, 5) is 48.9. The van der Waals surface area contributed by atoms with Crippen molar-refractivity contribution in [1.29, 1.82) is 0 Å². The van der Waals surface area contributed by atoms with Gasteiger partial charge in [0, 0.05) is 17.1 Å². The van der Waals surface area contributed by atoms with E-state index in [2.05, 4.69) is 20.3 Å². The lowest BCUT2D eigenvalue weighted by molar-refractivity contribution is 0.0690.